The fourth-order valence-corrected chi connectivity index (χ4v) is 2.83. The summed E-state index contributed by atoms with van der Waals surface area (Å²) in [5.74, 6) is 0. The van der Waals surface area contributed by atoms with Crippen LogP contribution in [0, 0.1) is 6.92 Å². The van der Waals surface area contributed by atoms with Gasteiger partial charge in [0.1, 0.15) is 0 Å². The van der Waals surface area contributed by atoms with E-state index in [1.165, 1.54) is 11.1 Å². The second-order valence-electron chi connectivity index (χ2n) is 4.96. The molecule has 0 spiro atoms. The quantitative estimate of drug-likeness (QED) is 0.749. The Morgan fingerprint density at radius 2 is 1.85 bits per heavy atom. The summed E-state index contributed by atoms with van der Waals surface area (Å²) in [4.78, 5) is 0. The maximum atomic E-state index is 6.44. The van der Waals surface area contributed by atoms with Crippen LogP contribution in [0.5, 0.6) is 0 Å². The van der Waals surface area contributed by atoms with Gasteiger partial charge >= 0.3 is 0 Å². The van der Waals surface area contributed by atoms with Gasteiger partial charge in [-0.2, -0.15) is 0 Å². The van der Waals surface area contributed by atoms with Gasteiger partial charge in [0.05, 0.1) is 6.04 Å². The topological polar surface area (TPSA) is 12.0 Å². The minimum absolute atomic E-state index is 0.135. The van der Waals surface area contributed by atoms with Crippen LogP contribution in [0.2, 0.25) is 5.02 Å². The Balaban J connectivity index is 2.38. The molecule has 0 aliphatic heterocycles. The van der Waals surface area contributed by atoms with E-state index in [4.69, 9.17) is 11.6 Å². The van der Waals surface area contributed by atoms with Crippen molar-refractivity contribution in [2.24, 2.45) is 0 Å². The predicted molar refractivity (Wildman–Crippen MR) is 90.5 cm³/mol. The highest BCUT2D eigenvalue weighted by Crippen LogP contribution is 2.29. The van der Waals surface area contributed by atoms with Crippen molar-refractivity contribution in [3.63, 3.8) is 0 Å². The normalized spacial score (nSPS) is 12.4. The molecule has 2 rings (SSSR count). The van der Waals surface area contributed by atoms with Crippen molar-refractivity contribution in [1.29, 1.82) is 0 Å². The van der Waals surface area contributed by atoms with Gasteiger partial charge in [0.25, 0.3) is 0 Å². The Hall–Kier alpha value is -0.830. The van der Waals surface area contributed by atoms with Crippen LogP contribution >= 0.6 is 27.5 Å². The molecule has 106 valence electrons. The van der Waals surface area contributed by atoms with E-state index in [0.717, 1.165) is 28.0 Å². The summed E-state index contributed by atoms with van der Waals surface area (Å²) in [5.41, 5.74) is 3.55. The molecule has 2 aromatic rings. The first-order valence-corrected chi connectivity index (χ1v) is 8.04. The van der Waals surface area contributed by atoms with Crippen molar-refractivity contribution in [3.8, 4) is 0 Å². The molecule has 1 nitrogen and oxygen atoms in total. The lowest BCUT2D eigenvalue weighted by Gasteiger charge is -2.21. The highest BCUT2D eigenvalue weighted by molar-refractivity contribution is 9.10. The molecule has 0 aromatic heterocycles. The summed E-state index contributed by atoms with van der Waals surface area (Å²) in [6.07, 6.45) is 1.09. The lowest BCUT2D eigenvalue weighted by Crippen LogP contribution is -2.23. The van der Waals surface area contributed by atoms with Gasteiger partial charge in [-0.1, -0.05) is 58.7 Å². The molecule has 0 saturated heterocycles. The third-order valence-electron chi connectivity index (χ3n) is 3.27. The van der Waals surface area contributed by atoms with Gasteiger partial charge in [0.15, 0.2) is 0 Å². The average Bonchev–Trinajstić information content (AvgIpc) is 2.42. The van der Waals surface area contributed by atoms with Crippen LogP contribution in [0.4, 0.5) is 0 Å². The Bertz CT molecular complexity index is 566. The first kappa shape index (κ1) is 15.6. The third-order valence-corrected chi connectivity index (χ3v) is 4.12. The van der Waals surface area contributed by atoms with Crippen LogP contribution in [-0.4, -0.2) is 6.54 Å². The van der Waals surface area contributed by atoms with Crippen LogP contribution in [0.25, 0.3) is 0 Å². The summed E-state index contributed by atoms with van der Waals surface area (Å²) < 4.78 is 1.09. The van der Waals surface area contributed by atoms with E-state index in [0.29, 0.717) is 0 Å². The molecule has 0 bridgehead atoms. The van der Waals surface area contributed by atoms with Crippen LogP contribution in [0.15, 0.2) is 46.9 Å². The molecule has 1 unspecified atom stereocenters. The minimum atomic E-state index is 0.135. The van der Waals surface area contributed by atoms with E-state index < -0.39 is 0 Å². The number of benzene rings is 2. The molecule has 1 atom stereocenters. The second kappa shape index (κ2) is 7.26. The number of aryl methyl sites for hydroxylation is 1. The lowest BCUT2D eigenvalue weighted by atomic mass is 9.97. The Morgan fingerprint density at radius 1 is 1.15 bits per heavy atom. The first-order valence-electron chi connectivity index (χ1n) is 6.86. The van der Waals surface area contributed by atoms with E-state index in [9.17, 15) is 0 Å². The largest absolute Gasteiger partial charge is 0.306 e. The molecule has 2 aromatic carbocycles. The first-order chi connectivity index (χ1) is 9.61. The molecule has 0 aliphatic carbocycles. The second-order valence-corrected chi connectivity index (χ2v) is 6.29. The maximum Gasteiger partial charge on any atom is 0.0591 e. The molecule has 20 heavy (non-hydrogen) atoms. The molecular weight excluding hydrogens is 334 g/mol. The van der Waals surface area contributed by atoms with E-state index in [1.807, 2.05) is 6.07 Å². The van der Waals surface area contributed by atoms with Gasteiger partial charge < -0.3 is 5.32 Å². The van der Waals surface area contributed by atoms with Gasteiger partial charge in [-0.3, -0.25) is 0 Å². The monoisotopic (exact) mass is 351 g/mol. The van der Waals surface area contributed by atoms with Crippen molar-refractivity contribution in [2.45, 2.75) is 26.3 Å². The average molecular weight is 353 g/mol. The van der Waals surface area contributed by atoms with Crippen molar-refractivity contribution in [3.05, 3.63) is 68.7 Å². The molecule has 0 saturated carbocycles. The van der Waals surface area contributed by atoms with Crippen molar-refractivity contribution < 1.29 is 0 Å². The van der Waals surface area contributed by atoms with Crippen LogP contribution < -0.4 is 5.32 Å². The molecule has 0 fully saturated rings. The van der Waals surface area contributed by atoms with Crippen molar-refractivity contribution in [1.82, 2.24) is 5.32 Å². The number of hydrogen-bond donors (Lipinski definition) is 1. The van der Waals surface area contributed by atoms with Gasteiger partial charge in [0.2, 0.25) is 0 Å². The van der Waals surface area contributed by atoms with E-state index in [-0.39, 0.29) is 6.04 Å². The van der Waals surface area contributed by atoms with Gasteiger partial charge in [-0.05, 0) is 54.8 Å². The molecule has 1 N–H and O–H groups in total. The minimum Gasteiger partial charge on any atom is -0.306 e. The zero-order valence-electron chi connectivity index (χ0n) is 11.8. The fourth-order valence-electron chi connectivity index (χ4n) is 2.22. The van der Waals surface area contributed by atoms with E-state index in [2.05, 4.69) is 71.5 Å². The number of halogens is 2. The van der Waals surface area contributed by atoms with E-state index in [1.54, 1.807) is 0 Å². The molecule has 3 heteroatoms. The van der Waals surface area contributed by atoms with Crippen LogP contribution in [0.3, 0.4) is 0 Å². The number of nitrogens with one attached hydrogen (secondary N) is 1. The SMILES string of the molecule is CCCNC(c1ccc(Br)cc1)c1ccc(C)cc1Cl. The number of hydrogen-bond acceptors (Lipinski definition) is 1. The Labute approximate surface area is 134 Å². The van der Waals surface area contributed by atoms with Crippen LogP contribution in [-0.2, 0) is 0 Å². The molecule has 0 aliphatic rings. The standard InChI is InChI=1S/C17H19BrClN/c1-3-10-20-17(13-5-7-14(18)8-6-13)15-9-4-12(2)11-16(15)19/h4-9,11,17,20H,3,10H2,1-2H3. The smallest absolute Gasteiger partial charge is 0.0591 e. The van der Waals surface area contributed by atoms with E-state index >= 15 is 0 Å². The third kappa shape index (κ3) is 3.85. The van der Waals surface area contributed by atoms with Crippen molar-refractivity contribution >= 4 is 27.5 Å². The summed E-state index contributed by atoms with van der Waals surface area (Å²) in [7, 11) is 0. The molecule has 0 amide bonds. The van der Waals surface area contributed by atoms with Gasteiger partial charge in [-0.15, -0.1) is 0 Å². The van der Waals surface area contributed by atoms with Crippen LogP contribution in [0.1, 0.15) is 36.1 Å². The van der Waals surface area contributed by atoms with Crippen molar-refractivity contribution in [2.75, 3.05) is 6.54 Å². The zero-order chi connectivity index (χ0) is 14.5. The molecular formula is C17H19BrClN. The highest BCUT2D eigenvalue weighted by Gasteiger charge is 2.16. The Kier molecular flexibility index (Phi) is 5.64. The predicted octanol–water partition coefficient (Wildman–Crippen LogP) is 5.50. The molecule has 0 heterocycles. The fraction of sp³-hybridized carbons (Fsp3) is 0.294. The summed E-state index contributed by atoms with van der Waals surface area (Å²) in [5, 5.41) is 4.40. The summed E-state index contributed by atoms with van der Waals surface area (Å²) in [6.45, 7) is 5.19. The molecule has 0 radical (unpaired) electrons. The summed E-state index contributed by atoms with van der Waals surface area (Å²) in [6, 6.07) is 14.8. The number of rotatable bonds is 5. The zero-order valence-corrected chi connectivity index (χ0v) is 14.1. The summed E-state index contributed by atoms with van der Waals surface area (Å²) >= 11 is 9.92. The van der Waals surface area contributed by atoms with Gasteiger partial charge in [-0.25, -0.2) is 0 Å². The van der Waals surface area contributed by atoms with Gasteiger partial charge in [0, 0.05) is 9.50 Å². The maximum absolute atomic E-state index is 6.44. The lowest BCUT2D eigenvalue weighted by molar-refractivity contribution is 0.598. The highest BCUT2D eigenvalue weighted by atomic mass is 79.9. The Morgan fingerprint density at radius 3 is 2.45 bits per heavy atom.